The predicted molar refractivity (Wildman–Crippen MR) is 103 cm³/mol. The van der Waals surface area contributed by atoms with Gasteiger partial charge in [-0.25, -0.2) is 0 Å². The number of hydrogen-bond donors (Lipinski definition) is 2. The molecule has 0 bridgehead atoms. The number of nitrogens with one attached hydrogen (secondary N) is 2. The average molecular weight is 374 g/mol. The first kappa shape index (κ1) is 17.7. The number of hydrogen-bond acceptors (Lipinski definition) is 6. The fourth-order valence-electron chi connectivity index (χ4n) is 2.77. The number of rotatable bonds is 7. The third kappa shape index (κ3) is 4.16. The van der Waals surface area contributed by atoms with E-state index in [0.717, 1.165) is 11.3 Å². The number of aromatic nitrogens is 2. The van der Waals surface area contributed by atoms with E-state index >= 15 is 0 Å². The molecule has 4 rings (SSSR count). The highest BCUT2D eigenvalue weighted by Crippen LogP contribution is 2.18. The van der Waals surface area contributed by atoms with Gasteiger partial charge in [0.05, 0.1) is 12.8 Å². The number of benzene rings is 2. The normalized spacial score (nSPS) is 11.9. The van der Waals surface area contributed by atoms with Crippen LogP contribution in [-0.2, 0) is 11.3 Å². The molecule has 140 valence electrons. The Balaban J connectivity index is 1.49. The quantitative estimate of drug-likeness (QED) is 0.511. The van der Waals surface area contributed by atoms with Crippen LogP contribution in [0.25, 0.3) is 11.6 Å². The fraction of sp³-hybridized carbons (Fsp3) is 0.0952. The second-order valence-electron chi connectivity index (χ2n) is 6.07. The second kappa shape index (κ2) is 8.32. The van der Waals surface area contributed by atoms with Crippen molar-refractivity contribution in [3.05, 3.63) is 90.5 Å². The zero-order valence-electron chi connectivity index (χ0n) is 14.9. The molecule has 7 nitrogen and oxygen atoms in total. The molecule has 2 N–H and O–H groups in total. The van der Waals surface area contributed by atoms with Crippen LogP contribution in [0.3, 0.4) is 0 Å². The van der Waals surface area contributed by atoms with Gasteiger partial charge in [-0.2, -0.15) is 4.98 Å². The molecule has 2 heterocycles. The van der Waals surface area contributed by atoms with Gasteiger partial charge in [-0.15, -0.1) is 0 Å². The van der Waals surface area contributed by atoms with Gasteiger partial charge in [0.2, 0.25) is 17.6 Å². The van der Waals surface area contributed by atoms with Crippen LogP contribution in [0.15, 0.2) is 88.0 Å². The lowest BCUT2D eigenvalue weighted by Gasteiger charge is -2.18. The van der Waals surface area contributed by atoms with Gasteiger partial charge < -0.3 is 14.3 Å². The molecule has 0 radical (unpaired) electrons. The van der Waals surface area contributed by atoms with E-state index in [-0.39, 0.29) is 12.5 Å². The molecule has 2 aromatic carbocycles. The van der Waals surface area contributed by atoms with E-state index in [2.05, 4.69) is 20.8 Å². The van der Waals surface area contributed by atoms with E-state index in [0.29, 0.717) is 17.5 Å². The molecule has 1 atom stereocenters. The average Bonchev–Trinajstić information content (AvgIpc) is 3.42. The summed E-state index contributed by atoms with van der Waals surface area (Å²) in [5, 5.41) is 10.0. The molecule has 7 heteroatoms. The van der Waals surface area contributed by atoms with Crippen molar-refractivity contribution in [3.63, 3.8) is 0 Å². The highest BCUT2D eigenvalue weighted by Gasteiger charge is 2.21. The summed E-state index contributed by atoms with van der Waals surface area (Å²) in [5.74, 6) is 1.08. The van der Waals surface area contributed by atoms with Gasteiger partial charge >= 0.3 is 0 Å². The van der Waals surface area contributed by atoms with Gasteiger partial charge in [0.15, 0.2) is 5.76 Å². The first-order valence-electron chi connectivity index (χ1n) is 8.80. The SMILES string of the molecule is O=C(Nc1ccccc1)C(NCc1nc(-c2ccco2)no1)c1ccccc1. The van der Waals surface area contributed by atoms with Gasteiger partial charge in [0.25, 0.3) is 0 Å². The Kier molecular flexibility index (Phi) is 5.26. The number of anilines is 1. The highest BCUT2D eigenvalue weighted by molar-refractivity contribution is 5.95. The van der Waals surface area contributed by atoms with E-state index in [1.54, 1.807) is 18.4 Å². The summed E-state index contributed by atoms with van der Waals surface area (Å²) < 4.78 is 10.5. The topological polar surface area (TPSA) is 93.2 Å². The summed E-state index contributed by atoms with van der Waals surface area (Å²) in [6, 6.07) is 21.7. The van der Waals surface area contributed by atoms with Crippen LogP contribution < -0.4 is 10.6 Å². The van der Waals surface area contributed by atoms with Crippen LogP contribution in [0.4, 0.5) is 5.69 Å². The van der Waals surface area contributed by atoms with Gasteiger partial charge in [0, 0.05) is 5.69 Å². The first-order valence-corrected chi connectivity index (χ1v) is 8.80. The molecule has 1 amide bonds. The van der Waals surface area contributed by atoms with E-state index < -0.39 is 6.04 Å². The molecule has 2 aromatic heterocycles. The van der Waals surface area contributed by atoms with E-state index in [9.17, 15) is 4.79 Å². The van der Waals surface area contributed by atoms with Crippen LogP contribution in [0.5, 0.6) is 0 Å². The number of amides is 1. The molecular weight excluding hydrogens is 356 g/mol. The van der Waals surface area contributed by atoms with Gasteiger partial charge in [-0.05, 0) is 29.8 Å². The molecule has 28 heavy (non-hydrogen) atoms. The minimum Gasteiger partial charge on any atom is -0.461 e. The largest absolute Gasteiger partial charge is 0.461 e. The second-order valence-corrected chi connectivity index (χ2v) is 6.07. The van der Waals surface area contributed by atoms with Crippen LogP contribution in [0.1, 0.15) is 17.5 Å². The molecule has 4 aromatic rings. The van der Waals surface area contributed by atoms with E-state index in [1.165, 1.54) is 0 Å². The van der Waals surface area contributed by atoms with Crippen LogP contribution in [0, 0.1) is 0 Å². The van der Waals surface area contributed by atoms with Crippen molar-refractivity contribution in [2.45, 2.75) is 12.6 Å². The summed E-state index contributed by atoms with van der Waals surface area (Å²) in [4.78, 5) is 17.2. The van der Waals surface area contributed by atoms with Crippen molar-refractivity contribution in [2.75, 3.05) is 5.32 Å². The van der Waals surface area contributed by atoms with Gasteiger partial charge in [-0.3, -0.25) is 10.1 Å². The smallest absolute Gasteiger partial charge is 0.246 e. The third-order valence-electron chi connectivity index (χ3n) is 4.10. The van der Waals surface area contributed by atoms with Crippen LogP contribution in [-0.4, -0.2) is 16.0 Å². The Morgan fingerprint density at radius 2 is 1.71 bits per heavy atom. The molecule has 0 spiro atoms. The minimum atomic E-state index is -0.583. The standard InChI is InChI=1S/C21H18N4O3/c26-21(23-16-10-5-2-6-11-16)19(15-8-3-1-4-9-15)22-14-18-24-20(25-28-18)17-12-7-13-27-17/h1-13,19,22H,14H2,(H,23,26). The maximum Gasteiger partial charge on any atom is 0.246 e. The monoisotopic (exact) mass is 374 g/mol. The van der Waals surface area contributed by atoms with Gasteiger partial charge in [0.1, 0.15) is 6.04 Å². The zero-order valence-corrected chi connectivity index (χ0v) is 14.9. The van der Waals surface area contributed by atoms with Crippen molar-refractivity contribution in [1.29, 1.82) is 0 Å². The molecule has 0 fully saturated rings. The maximum atomic E-state index is 12.9. The first-order chi connectivity index (χ1) is 13.8. The van der Waals surface area contributed by atoms with E-state index in [1.807, 2.05) is 60.7 Å². The number of carbonyl (C=O) groups excluding carboxylic acids is 1. The molecule has 0 saturated carbocycles. The Hall–Kier alpha value is -3.71. The van der Waals surface area contributed by atoms with Crippen molar-refractivity contribution < 1.29 is 13.7 Å². The summed E-state index contributed by atoms with van der Waals surface area (Å²) in [5.41, 5.74) is 1.56. The van der Waals surface area contributed by atoms with Crippen LogP contribution in [0.2, 0.25) is 0 Å². The zero-order chi connectivity index (χ0) is 19.2. The van der Waals surface area contributed by atoms with Crippen molar-refractivity contribution in [2.24, 2.45) is 0 Å². The fourth-order valence-corrected chi connectivity index (χ4v) is 2.77. The number of furan rings is 1. The lowest BCUT2D eigenvalue weighted by Crippen LogP contribution is -2.32. The summed E-state index contributed by atoms with van der Waals surface area (Å²) >= 11 is 0. The maximum absolute atomic E-state index is 12.9. The van der Waals surface area contributed by atoms with Crippen molar-refractivity contribution >= 4 is 11.6 Å². The summed E-state index contributed by atoms with van der Waals surface area (Å²) in [6.45, 7) is 0.232. The Bertz CT molecular complexity index is 1010. The molecule has 0 aliphatic heterocycles. The molecule has 0 aliphatic carbocycles. The predicted octanol–water partition coefficient (Wildman–Crippen LogP) is 3.80. The Labute approximate surface area is 161 Å². The molecule has 1 unspecified atom stereocenters. The van der Waals surface area contributed by atoms with Crippen molar-refractivity contribution in [1.82, 2.24) is 15.5 Å². The number of para-hydroxylation sites is 1. The van der Waals surface area contributed by atoms with Crippen molar-refractivity contribution in [3.8, 4) is 11.6 Å². The molecular formula is C21H18N4O3. The molecule has 0 aliphatic rings. The minimum absolute atomic E-state index is 0.178. The van der Waals surface area contributed by atoms with Gasteiger partial charge in [-0.1, -0.05) is 53.7 Å². The summed E-state index contributed by atoms with van der Waals surface area (Å²) in [6.07, 6.45) is 1.54. The number of nitrogens with zero attached hydrogens (tertiary/aromatic N) is 2. The Morgan fingerprint density at radius 3 is 2.43 bits per heavy atom. The Morgan fingerprint density at radius 1 is 0.964 bits per heavy atom. The number of carbonyl (C=O) groups is 1. The third-order valence-corrected chi connectivity index (χ3v) is 4.10. The van der Waals surface area contributed by atoms with E-state index in [4.69, 9.17) is 8.94 Å². The molecule has 0 saturated heterocycles. The lowest BCUT2D eigenvalue weighted by atomic mass is 10.1. The highest BCUT2D eigenvalue weighted by atomic mass is 16.5. The lowest BCUT2D eigenvalue weighted by molar-refractivity contribution is -0.118. The summed E-state index contributed by atoms with van der Waals surface area (Å²) in [7, 11) is 0. The van der Waals surface area contributed by atoms with Crippen LogP contribution >= 0.6 is 0 Å².